The maximum absolute atomic E-state index is 5.63. The van der Waals surface area contributed by atoms with Crippen molar-refractivity contribution < 1.29 is 4.42 Å². The van der Waals surface area contributed by atoms with Gasteiger partial charge in [-0.1, -0.05) is 39.0 Å². The van der Waals surface area contributed by atoms with E-state index in [-0.39, 0.29) is 0 Å². The fraction of sp³-hybridized carbons (Fsp3) is 0.385. The van der Waals surface area contributed by atoms with Gasteiger partial charge in [-0.25, -0.2) is 0 Å². The van der Waals surface area contributed by atoms with E-state index in [2.05, 4.69) is 39.0 Å². The Bertz CT molecular complexity index is 437. The van der Waals surface area contributed by atoms with Crippen LogP contribution in [0.15, 0.2) is 28.9 Å². The molecule has 0 N–H and O–H groups in total. The van der Waals surface area contributed by atoms with Crippen LogP contribution in [0.2, 0.25) is 0 Å². The van der Waals surface area contributed by atoms with Gasteiger partial charge in [0.05, 0.1) is 6.26 Å². The van der Waals surface area contributed by atoms with Gasteiger partial charge in [0.1, 0.15) is 5.58 Å². The zero-order valence-electron chi connectivity index (χ0n) is 9.00. The molecule has 2 rings (SSSR count). The summed E-state index contributed by atoms with van der Waals surface area (Å²) in [5, 5.41) is 1.28. The summed E-state index contributed by atoms with van der Waals surface area (Å²) in [5.41, 5.74) is 3.68. The van der Waals surface area contributed by atoms with Crippen LogP contribution in [0.25, 0.3) is 11.0 Å². The van der Waals surface area contributed by atoms with Crippen LogP contribution in [-0.4, -0.2) is 0 Å². The maximum Gasteiger partial charge on any atom is 0.137 e. The van der Waals surface area contributed by atoms with Gasteiger partial charge in [-0.3, -0.25) is 0 Å². The molecule has 74 valence electrons. The quantitative estimate of drug-likeness (QED) is 0.691. The predicted molar refractivity (Wildman–Crippen MR) is 59.7 cm³/mol. The summed E-state index contributed by atoms with van der Waals surface area (Å²) in [7, 11) is 0. The van der Waals surface area contributed by atoms with Crippen molar-refractivity contribution in [3.8, 4) is 0 Å². The number of para-hydroxylation sites is 1. The summed E-state index contributed by atoms with van der Waals surface area (Å²) in [6.07, 6.45) is 2.93. The molecule has 1 aromatic carbocycles. The second-order valence-electron chi connectivity index (χ2n) is 3.99. The Kier molecular flexibility index (Phi) is 2.32. The molecule has 1 nitrogen and oxygen atoms in total. The van der Waals surface area contributed by atoms with E-state index < -0.39 is 0 Å². The molecule has 0 atom stereocenters. The summed E-state index contributed by atoms with van der Waals surface area (Å²) in [5.74, 6) is 0.531. The van der Waals surface area contributed by atoms with Crippen molar-refractivity contribution in [1.82, 2.24) is 0 Å². The highest BCUT2D eigenvalue weighted by Crippen LogP contribution is 2.29. The zero-order valence-corrected chi connectivity index (χ0v) is 9.00. The molecule has 0 aliphatic rings. The molecule has 0 amide bonds. The third kappa shape index (κ3) is 1.33. The minimum atomic E-state index is 0.531. The monoisotopic (exact) mass is 188 g/mol. The minimum absolute atomic E-state index is 0.531. The first-order chi connectivity index (χ1) is 6.74. The third-order valence-electron chi connectivity index (χ3n) is 2.71. The van der Waals surface area contributed by atoms with Crippen molar-refractivity contribution in [2.24, 2.45) is 0 Å². The molecule has 0 bridgehead atoms. The number of benzene rings is 1. The highest BCUT2D eigenvalue weighted by Gasteiger charge is 2.10. The lowest BCUT2D eigenvalue weighted by atomic mass is 10.0. The van der Waals surface area contributed by atoms with Crippen LogP contribution in [0.4, 0.5) is 0 Å². The van der Waals surface area contributed by atoms with Gasteiger partial charge >= 0.3 is 0 Å². The van der Waals surface area contributed by atoms with Gasteiger partial charge in [0, 0.05) is 10.9 Å². The summed E-state index contributed by atoms with van der Waals surface area (Å²) >= 11 is 0. The van der Waals surface area contributed by atoms with Gasteiger partial charge in [0.25, 0.3) is 0 Å². The summed E-state index contributed by atoms with van der Waals surface area (Å²) in [6, 6.07) is 6.39. The number of furan rings is 1. The Labute approximate surface area is 84.7 Å². The van der Waals surface area contributed by atoms with E-state index in [1.165, 1.54) is 16.5 Å². The van der Waals surface area contributed by atoms with E-state index in [0.29, 0.717) is 5.92 Å². The molecule has 2 aromatic rings. The van der Waals surface area contributed by atoms with Gasteiger partial charge in [-0.05, 0) is 17.9 Å². The lowest BCUT2D eigenvalue weighted by molar-refractivity contribution is 0.602. The second-order valence-corrected chi connectivity index (χ2v) is 3.99. The third-order valence-corrected chi connectivity index (χ3v) is 2.71. The molecule has 0 unspecified atom stereocenters. The average molecular weight is 188 g/mol. The summed E-state index contributed by atoms with van der Waals surface area (Å²) in [4.78, 5) is 0. The van der Waals surface area contributed by atoms with Gasteiger partial charge in [0.2, 0.25) is 0 Å². The molecule has 0 aliphatic heterocycles. The number of fused-ring (bicyclic) bond motifs is 1. The Morgan fingerprint density at radius 3 is 2.71 bits per heavy atom. The average Bonchev–Trinajstić information content (AvgIpc) is 2.60. The lowest BCUT2D eigenvalue weighted by Gasteiger charge is -2.01. The number of aryl methyl sites for hydroxylation is 1. The first-order valence-corrected chi connectivity index (χ1v) is 5.23. The molecule has 14 heavy (non-hydrogen) atoms. The molecule has 0 radical (unpaired) electrons. The standard InChI is InChI=1S/C13H16O/c1-4-10-6-5-7-11-12(9(2)3)8-14-13(10)11/h5-9H,4H2,1-3H3. The van der Waals surface area contributed by atoms with Crippen molar-refractivity contribution in [2.75, 3.05) is 0 Å². The zero-order chi connectivity index (χ0) is 10.1. The van der Waals surface area contributed by atoms with Gasteiger partial charge in [-0.2, -0.15) is 0 Å². The van der Waals surface area contributed by atoms with Crippen molar-refractivity contribution in [1.29, 1.82) is 0 Å². The largest absolute Gasteiger partial charge is 0.464 e. The van der Waals surface area contributed by atoms with E-state index in [1.807, 2.05) is 6.26 Å². The van der Waals surface area contributed by atoms with Gasteiger partial charge < -0.3 is 4.42 Å². The molecule has 1 heterocycles. The first kappa shape index (κ1) is 9.32. The summed E-state index contributed by atoms with van der Waals surface area (Å²) < 4.78 is 5.63. The van der Waals surface area contributed by atoms with Crippen molar-refractivity contribution in [3.05, 3.63) is 35.6 Å². The van der Waals surface area contributed by atoms with Crippen molar-refractivity contribution >= 4 is 11.0 Å². The van der Waals surface area contributed by atoms with E-state index in [1.54, 1.807) is 0 Å². The van der Waals surface area contributed by atoms with Crippen molar-refractivity contribution in [2.45, 2.75) is 33.1 Å². The molecule has 1 aromatic heterocycles. The Balaban J connectivity index is 2.69. The predicted octanol–water partition coefficient (Wildman–Crippen LogP) is 4.12. The fourth-order valence-electron chi connectivity index (χ4n) is 1.86. The second kappa shape index (κ2) is 3.49. The van der Waals surface area contributed by atoms with Gasteiger partial charge in [0.15, 0.2) is 0 Å². The van der Waals surface area contributed by atoms with E-state index in [9.17, 15) is 0 Å². The van der Waals surface area contributed by atoms with E-state index in [4.69, 9.17) is 4.42 Å². The van der Waals surface area contributed by atoms with Crippen LogP contribution in [-0.2, 0) is 6.42 Å². The molecular formula is C13H16O. The van der Waals surface area contributed by atoms with Crippen LogP contribution < -0.4 is 0 Å². The molecule has 0 saturated heterocycles. The Morgan fingerprint density at radius 2 is 2.07 bits per heavy atom. The van der Waals surface area contributed by atoms with E-state index in [0.717, 1.165) is 12.0 Å². The topological polar surface area (TPSA) is 13.1 Å². The molecular weight excluding hydrogens is 172 g/mol. The molecule has 0 spiro atoms. The number of hydrogen-bond donors (Lipinski definition) is 0. The van der Waals surface area contributed by atoms with E-state index >= 15 is 0 Å². The molecule has 1 heteroatoms. The van der Waals surface area contributed by atoms with Crippen LogP contribution in [0, 0.1) is 0 Å². The smallest absolute Gasteiger partial charge is 0.137 e. The first-order valence-electron chi connectivity index (χ1n) is 5.23. The number of hydrogen-bond acceptors (Lipinski definition) is 1. The van der Waals surface area contributed by atoms with Crippen LogP contribution in [0.3, 0.4) is 0 Å². The van der Waals surface area contributed by atoms with Crippen molar-refractivity contribution in [3.63, 3.8) is 0 Å². The molecule has 0 saturated carbocycles. The van der Waals surface area contributed by atoms with Crippen LogP contribution in [0.1, 0.15) is 37.8 Å². The van der Waals surface area contributed by atoms with Crippen LogP contribution in [0.5, 0.6) is 0 Å². The van der Waals surface area contributed by atoms with Gasteiger partial charge in [-0.15, -0.1) is 0 Å². The highest BCUT2D eigenvalue weighted by molar-refractivity contribution is 5.84. The number of rotatable bonds is 2. The normalized spacial score (nSPS) is 11.4. The summed E-state index contributed by atoms with van der Waals surface area (Å²) in [6.45, 7) is 6.55. The minimum Gasteiger partial charge on any atom is -0.464 e. The van der Waals surface area contributed by atoms with Crippen LogP contribution >= 0.6 is 0 Å². The SMILES string of the molecule is CCc1cccc2c(C(C)C)coc12. The maximum atomic E-state index is 5.63. The highest BCUT2D eigenvalue weighted by atomic mass is 16.3. The molecule has 0 aliphatic carbocycles. The Morgan fingerprint density at radius 1 is 1.29 bits per heavy atom. The fourth-order valence-corrected chi connectivity index (χ4v) is 1.86. The molecule has 0 fully saturated rings. The lowest BCUT2D eigenvalue weighted by Crippen LogP contribution is -1.85. The Hall–Kier alpha value is -1.24.